The minimum atomic E-state index is -0.131. The van der Waals surface area contributed by atoms with E-state index in [-0.39, 0.29) is 6.29 Å². The van der Waals surface area contributed by atoms with Crippen molar-refractivity contribution < 1.29 is 4.59 Å². The Morgan fingerprint density at radius 1 is 1.75 bits per heavy atom. The van der Waals surface area contributed by atoms with Gasteiger partial charge in [0.1, 0.15) is 12.8 Å². The summed E-state index contributed by atoms with van der Waals surface area (Å²) in [5, 5.41) is 6.31. The van der Waals surface area contributed by atoms with Crippen LogP contribution in [0.4, 0.5) is 0 Å². The van der Waals surface area contributed by atoms with E-state index >= 15 is 0 Å². The molecule has 0 aromatic carbocycles. The summed E-state index contributed by atoms with van der Waals surface area (Å²) in [7, 11) is 3.90. The molecule has 2 aliphatic heterocycles. The van der Waals surface area contributed by atoms with Crippen molar-refractivity contribution in [3.8, 4) is 0 Å². The predicted octanol–water partition coefficient (Wildman–Crippen LogP) is -0.644. The van der Waals surface area contributed by atoms with Gasteiger partial charge in [-0.25, -0.2) is 0 Å². The van der Waals surface area contributed by atoms with Crippen LogP contribution in [0.25, 0.3) is 0 Å². The van der Waals surface area contributed by atoms with Crippen LogP contribution in [0.3, 0.4) is 0 Å². The van der Waals surface area contributed by atoms with Gasteiger partial charge in [0.25, 0.3) is 0 Å². The van der Waals surface area contributed by atoms with Gasteiger partial charge >= 0.3 is 0 Å². The normalized spacial score (nSPS) is 40.5. The van der Waals surface area contributed by atoms with E-state index in [1.807, 2.05) is 32.1 Å². The Bertz CT molecular complexity index is 282. The second-order valence-electron chi connectivity index (χ2n) is 3.43. The Morgan fingerprint density at radius 3 is 3.00 bits per heavy atom. The molecule has 66 valence electrons. The third-order valence-corrected chi connectivity index (χ3v) is 2.40. The Hall–Kier alpha value is -0.910. The molecule has 0 saturated carbocycles. The van der Waals surface area contributed by atoms with Crippen LogP contribution < -0.4 is 11.2 Å². The monoisotopic (exact) mass is 168 g/mol. The first-order valence-corrected chi connectivity index (χ1v) is 3.94. The van der Waals surface area contributed by atoms with Crippen molar-refractivity contribution in [3.05, 3.63) is 11.9 Å². The van der Waals surface area contributed by atoms with Crippen LogP contribution in [0.1, 0.15) is 6.92 Å². The first kappa shape index (κ1) is 7.72. The van der Waals surface area contributed by atoms with Crippen LogP contribution in [-0.2, 0) is 0 Å². The summed E-state index contributed by atoms with van der Waals surface area (Å²) in [6.07, 6.45) is 1.89. The first-order valence-electron chi connectivity index (χ1n) is 3.94. The average molecular weight is 168 g/mol. The number of fused-ring (bicyclic) bond motifs is 1. The van der Waals surface area contributed by atoms with Crippen LogP contribution in [0.2, 0.25) is 0 Å². The van der Waals surface area contributed by atoms with Crippen molar-refractivity contribution in [2.45, 2.75) is 13.2 Å². The highest BCUT2D eigenvalue weighted by Crippen LogP contribution is 2.28. The SMILES string of the molecule is CC1=N[N+]2(C)C(=C1)NN(C)C2N. The van der Waals surface area contributed by atoms with Gasteiger partial charge in [-0.05, 0) is 6.92 Å². The van der Waals surface area contributed by atoms with Crippen LogP contribution in [0, 0.1) is 0 Å². The van der Waals surface area contributed by atoms with Crippen LogP contribution in [0.15, 0.2) is 17.0 Å². The molecule has 0 aliphatic carbocycles. The lowest BCUT2D eigenvalue weighted by Crippen LogP contribution is -2.52. The van der Waals surface area contributed by atoms with Gasteiger partial charge < -0.3 is 0 Å². The molecule has 5 nitrogen and oxygen atoms in total. The molecular formula is C7H14N5+. The maximum absolute atomic E-state index is 5.95. The zero-order chi connectivity index (χ0) is 8.93. The minimum Gasteiger partial charge on any atom is -0.266 e. The maximum Gasteiger partial charge on any atom is 0.247 e. The molecule has 2 atom stereocenters. The molecule has 2 aliphatic rings. The zero-order valence-corrected chi connectivity index (χ0v) is 7.57. The summed E-state index contributed by atoms with van der Waals surface area (Å²) >= 11 is 0. The summed E-state index contributed by atoms with van der Waals surface area (Å²) in [5.74, 6) is 1.04. The molecule has 0 radical (unpaired) electrons. The highest BCUT2D eigenvalue weighted by Gasteiger charge is 2.48. The summed E-state index contributed by atoms with van der Waals surface area (Å²) in [4.78, 5) is 0. The lowest BCUT2D eigenvalue weighted by atomic mass is 10.4. The lowest BCUT2D eigenvalue weighted by molar-refractivity contribution is -0.899. The Labute approximate surface area is 71.7 Å². The molecule has 1 saturated heterocycles. The van der Waals surface area contributed by atoms with E-state index in [9.17, 15) is 0 Å². The predicted molar refractivity (Wildman–Crippen MR) is 46.3 cm³/mol. The molecular weight excluding hydrogens is 154 g/mol. The molecule has 0 bridgehead atoms. The lowest BCUT2D eigenvalue weighted by Gasteiger charge is -2.23. The molecule has 0 spiro atoms. The summed E-state index contributed by atoms with van der Waals surface area (Å²) in [6.45, 7) is 1.98. The number of nitrogens with two attached hydrogens (primary N) is 1. The van der Waals surface area contributed by atoms with E-state index < -0.39 is 0 Å². The zero-order valence-electron chi connectivity index (χ0n) is 7.57. The number of hydrogen-bond donors (Lipinski definition) is 2. The molecule has 2 unspecified atom stereocenters. The molecule has 2 heterocycles. The summed E-state index contributed by atoms with van der Waals surface area (Å²) < 4.78 is 0.419. The average Bonchev–Trinajstić information content (AvgIpc) is 2.34. The molecule has 0 aromatic heterocycles. The van der Waals surface area contributed by atoms with Crippen LogP contribution in [0.5, 0.6) is 0 Å². The maximum atomic E-state index is 5.95. The van der Waals surface area contributed by atoms with E-state index in [4.69, 9.17) is 5.73 Å². The number of hydrogen-bond acceptors (Lipinski definition) is 4. The van der Waals surface area contributed by atoms with Crippen molar-refractivity contribution in [2.75, 3.05) is 14.1 Å². The van der Waals surface area contributed by atoms with Gasteiger partial charge in [0.15, 0.2) is 0 Å². The first-order chi connectivity index (χ1) is 5.54. The topological polar surface area (TPSA) is 53.7 Å². The fraction of sp³-hybridized carbons (Fsp3) is 0.571. The molecule has 5 heteroatoms. The molecule has 1 fully saturated rings. The molecule has 3 N–H and O–H groups in total. The Morgan fingerprint density at radius 2 is 2.42 bits per heavy atom. The summed E-state index contributed by atoms with van der Waals surface area (Å²) in [6, 6.07) is 0. The highest BCUT2D eigenvalue weighted by molar-refractivity contribution is 5.93. The van der Waals surface area contributed by atoms with E-state index in [0.717, 1.165) is 11.5 Å². The van der Waals surface area contributed by atoms with Crippen molar-refractivity contribution in [1.82, 2.24) is 10.4 Å². The number of nitrogens with one attached hydrogen (secondary N) is 1. The standard InChI is InChI=1S/C7H14N5/c1-5-4-6-9-11(2)7(8)12(6,3)10-5/h4,7,9H,8H2,1-3H3/q+1. The van der Waals surface area contributed by atoms with E-state index in [2.05, 4.69) is 10.5 Å². The second-order valence-corrected chi connectivity index (χ2v) is 3.43. The third kappa shape index (κ3) is 0.754. The largest absolute Gasteiger partial charge is 0.266 e. The number of nitrogens with zero attached hydrogens (tertiary/aromatic N) is 3. The van der Waals surface area contributed by atoms with E-state index in [1.165, 1.54) is 0 Å². The highest BCUT2D eigenvalue weighted by atomic mass is 15.9. The van der Waals surface area contributed by atoms with Crippen molar-refractivity contribution in [1.29, 1.82) is 0 Å². The van der Waals surface area contributed by atoms with E-state index in [0.29, 0.717) is 4.59 Å². The number of allylic oxidation sites excluding steroid dienone is 1. The number of quaternary nitrogens is 1. The van der Waals surface area contributed by atoms with Crippen LogP contribution >= 0.6 is 0 Å². The van der Waals surface area contributed by atoms with E-state index in [1.54, 1.807) is 0 Å². The van der Waals surface area contributed by atoms with Crippen LogP contribution in [-0.4, -0.2) is 35.7 Å². The molecule has 0 amide bonds. The van der Waals surface area contributed by atoms with Gasteiger partial charge in [-0.3, -0.25) is 11.2 Å². The number of hydrazine groups is 1. The van der Waals surface area contributed by atoms with Crippen molar-refractivity contribution >= 4 is 5.71 Å². The Kier molecular flexibility index (Phi) is 1.33. The number of rotatable bonds is 0. The summed E-state index contributed by atoms with van der Waals surface area (Å²) in [5.41, 5.74) is 10.1. The third-order valence-electron chi connectivity index (χ3n) is 2.40. The molecule has 12 heavy (non-hydrogen) atoms. The van der Waals surface area contributed by atoms with Gasteiger partial charge in [-0.2, -0.15) is 5.01 Å². The minimum absolute atomic E-state index is 0.131. The van der Waals surface area contributed by atoms with Gasteiger partial charge in [-0.15, -0.1) is 4.59 Å². The Balaban J connectivity index is 2.41. The van der Waals surface area contributed by atoms with Gasteiger partial charge in [0.2, 0.25) is 12.1 Å². The van der Waals surface area contributed by atoms with Crippen molar-refractivity contribution in [2.24, 2.45) is 10.8 Å². The quantitative estimate of drug-likeness (QED) is 0.473. The van der Waals surface area contributed by atoms with Gasteiger partial charge in [0, 0.05) is 13.1 Å². The second kappa shape index (κ2) is 2.07. The molecule has 2 rings (SSSR count). The van der Waals surface area contributed by atoms with Gasteiger partial charge in [-0.1, -0.05) is 5.10 Å². The fourth-order valence-corrected chi connectivity index (χ4v) is 1.66. The van der Waals surface area contributed by atoms with Crippen molar-refractivity contribution in [3.63, 3.8) is 0 Å². The smallest absolute Gasteiger partial charge is 0.247 e. The molecule has 0 aromatic rings. The fourth-order valence-electron chi connectivity index (χ4n) is 1.66. The van der Waals surface area contributed by atoms with Gasteiger partial charge in [0.05, 0.1) is 0 Å².